The Labute approximate surface area is 133 Å². The number of rotatable bonds is 2. The molecule has 0 saturated heterocycles. The Kier molecular flexibility index (Phi) is 3.77. The molecular weight excluding hydrogens is 329 g/mol. The molecule has 0 saturated carbocycles. The average Bonchev–Trinajstić information content (AvgIpc) is 2.89. The lowest BCUT2D eigenvalue weighted by molar-refractivity contribution is -0.137. The number of aromatic nitrogens is 2. The molecule has 2 aromatic carbocycles. The van der Waals surface area contributed by atoms with E-state index in [0.717, 1.165) is 12.1 Å². The number of nitrogens with one attached hydrogen (secondary N) is 2. The molecule has 23 heavy (non-hydrogen) atoms. The van der Waals surface area contributed by atoms with Crippen LogP contribution in [0.1, 0.15) is 5.56 Å². The molecule has 0 unspecified atom stereocenters. The van der Waals surface area contributed by atoms with E-state index in [1.165, 1.54) is 12.1 Å². The van der Waals surface area contributed by atoms with Gasteiger partial charge in [-0.05, 0) is 29.8 Å². The van der Waals surface area contributed by atoms with Crippen LogP contribution in [0.3, 0.4) is 0 Å². The van der Waals surface area contributed by atoms with Crippen molar-refractivity contribution < 1.29 is 13.2 Å². The van der Waals surface area contributed by atoms with Crippen LogP contribution in [0.5, 0.6) is 0 Å². The van der Waals surface area contributed by atoms with Crippen molar-refractivity contribution in [3.63, 3.8) is 0 Å². The molecule has 118 valence electrons. The van der Waals surface area contributed by atoms with Gasteiger partial charge in [0.2, 0.25) is 0 Å². The van der Waals surface area contributed by atoms with Gasteiger partial charge in [-0.25, -0.2) is 0 Å². The van der Waals surface area contributed by atoms with E-state index < -0.39 is 17.3 Å². The quantitative estimate of drug-likeness (QED) is 0.698. The zero-order chi connectivity index (χ0) is 16.6. The average molecular weight is 339 g/mol. The highest BCUT2D eigenvalue weighted by atomic mass is 35.5. The van der Waals surface area contributed by atoms with Crippen molar-refractivity contribution >= 4 is 11.6 Å². The third-order valence-electron chi connectivity index (χ3n) is 3.39. The molecule has 0 aliphatic heterocycles. The van der Waals surface area contributed by atoms with Crippen molar-refractivity contribution in [1.29, 1.82) is 0 Å². The van der Waals surface area contributed by atoms with E-state index in [0.29, 0.717) is 16.3 Å². The number of hydrogen-bond donors (Lipinski definition) is 2. The van der Waals surface area contributed by atoms with Gasteiger partial charge in [-0.15, -0.1) is 0 Å². The molecular formula is C16H10ClF3N2O. The fraction of sp³-hybridized carbons (Fsp3) is 0.0625. The van der Waals surface area contributed by atoms with Gasteiger partial charge in [0, 0.05) is 10.6 Å². The highest BCUT2D eigenvalue weighted by Crippen LogP contribution is 2.34. The molecule has 0 fully saturated rings. The maximum Gasteiger partial charge on any atom is 0.416 e. The lowest BCUT2D eigenvalue weighted by atomic mass is 10.00. The molecule has 3 rings (SSSR count). The summed E-state index contributed by atoms with van der Waals surface area (Å²) in [7, 11) is 0. The van der Waals surface area contributed by atoms with Crippen molar-refractivity contribution in [2.45, 2.75) is 6.18 Å². The third-order valence-corrected chi connectivity index (χ3v) is 3.64. The summed E-state index contributed by atoms with van der Waals surface area (Å²) < 4.78 is 38.6. The van der Waals surface area contributed by atoms with Crippen LogP contribution in [0.15, 0.2) is 53.3 Å². The van der Waals surface area contributed by atoms with Gasteiger partial charge in [-0.1, -0.05) is 35.9 Å². The van der Waals surface area contributed by atoms with Crippen LogP contribution in [0.4, 0.5) is 13.2 Å². The first-order chi connectivity index (χ1) is 10.9. The summed E-state index contributed by atoms with van der Waals surface area (Å²) in [5.74, 6) is 0. The Hall–Kier alpha value is -2.47. The molecule has 0 aliphatic rings. The van der Waals surface area contributed by atoms with E-state index in [4.69, 9.17) is 11.6 Å². The van der Waals surface area contributed by atoms with Gasteiger partial charge >= 0.3 is 6.18 Å². The first-order valence-corrected chi connectivity index (χ1v) is 6.98. The third kappa shape index (κ3) is 3.03. The van der Waals surface area contributed by atoms with Crippen molar-refractivity contribution in [2.75, 3.05) is 0 Å². The monoisotopic (exact) mass is 338 g/mol. The molecule has 1 aromatic heterocycles. The van der Waals surface area contributed by atoms with Crippen LogP contribution < -0.4 is 5.56 Å². The van der Waals surface area contributed by atoms with E-state index in [2.05, 4.69) is 10.2 Å². The van der Waals surface area contributed by atoms with Crippen LogP contribution in [-0.2, 0) is 6.18 Å². The molecule has 3 nitrogen and oxygen atoms in total. The zero-order valence-electron chi connectivity index (χ0n) is 11.5. The maximum absolute atomic E-state index is 12.9. The lowest BCUT2D eigenvalue weighted by Crippen LogP contribution is -2.06. The Morgan fingerprint density at radius 2 is 1.61 bits per heavy atom. The minimum Gasteiger partial charge on any atom is -0.297 e. The van der Waals surface area contributed by atoms with E-state index in [1.54, 1.807) is 24.3 Å². The van der Waals surface area contributed by atoms with Crippen molar-refractivity contribution in [3.05, 3.63) is 69.5 Å². The van der Waals surface area contributed by atoms with Crippen LogP contribution >= 0.6 is 11.6 Å². The van der Waals surface area contributed by atoms with E-state index >= 15 is 0 Å². The molecule has 0 spiro atoms. The first-order valence-electron chi connectivity index (χ1n) is 6.60. The maximum atomic E-state index is 12.9. The minimum atomic E-state index is -4.47. The fourth-order valence-electron chi connectivity index (χ4n) is 2.32. The van der Waals surface area contributed by atoms with Gasteiger partial charge in [0.05, 0.1) is 16.8 Å². The highest BCUT2D eigenvalue weighted by molar-refractivity contribution is 6.30. The summed E-state index contributed by atoms with van der Waals surface area (Å²) in [6.45, 7) is 0. The lowest BCUT2D eigenvalue weighted by Gasteiger charge is -2.09. The number of hydrogen-bond acceptors (Lipinski definition) is 1. The predicted octanol–water partition coefficient (Wildman–Crippen LogP) is 4.71. The second kappa shape index (κ2) is 5.62. The topological polar surface area (TPSA) is 48.6 Å². The number of alkyl halides is 3. The fourth-order valence-corrected chi connectivity index (χ4v) is 2.44. The summed E-state index contributed by atoms with van der Waals surface area (Å²) in [4.78, 5) is 12.0. The van der Waals surface area contributed by atoms with Crippen LogP contribution in [0, 0.1) is 0 Å². The van der Waals surface area contributed by atoms with Crippen LogP contribution in [0.2, 0.25) is 5.02 Å². The van der Waals surface area contributed by atoms with Crippen molar-refractivity contribution in [2.24, 2.45) is 0 Å². The largest absolute Gasteiger partial charge is 0.416 e. The van der Waals surface area contributed by atoms with E-state index in [-0.39, 0.29) is 11.1 Å². The Balaban J connectivity index is 2.16. The van der Waals surface area contributed by atoms with Crippen molar-refractivity contribution in [3.8, 4) is 22.4 Å². The molecule has 7 heteroatoms. The normalized spacial score (nSPS) is 11.7. The molecule has 0 bridgehead atoms. The van der Waals surface area contributed by atoms with Gasteiger partial charge in [-0.3, -0.25) is 15.0 Å². The van der Waals surface area contributed by atoms with Crippen molar-refractivity contribution in [1.82, 2.24) is 10.2 Å². The Morgan fingerprint density at radius 3 is 2.26 bits per heavy atom. The standard InChI is InChI=1S/C16H10ClF3N2O/c17-12-6-4-9(5-7-12)14-13(15(23)22-21-14)10-2-1-3-11(8-10)16(18,19)20/h1-8H,(H2,21,22,23). The Bertz CT molecular complexity index is 895. The summed E-state index contributed by atoms with van der Waals surface area (Å²) in [6, 6.07) is 11.3. The number of halogens is 4. The number of benzene rings is 2. The first kappa shape index (κ1) is 15.4. The molecule has 2 N–H and O–H groups in total. The highest BCUT2D eigenvalue weighted by Gasteiger charge is 2.31. The predicted molar refractivity (Wildman–Crippen MR) is 82.3 cm³/mol. The molecule has 0 aliphatic carbocycles. The van der Waals surface area contributed by atoms with Gasteiger partial charge in [0.25, 0.3) is 5.56 Å². The molecule has 3 aromatic rings. The zero-order valence-corrected chi connectivity index (χ0v) is 12.3. The Morgan fingerprint density at radius 1 is 0.913 bits per heavy atom. The van der Waals surface area contributed by atoms with E-state index in [1.807, 2.05) is 0 Å². The van der Waals surface area contributed by atoms with E-state index in [9.17, 15) is 18.0 Å². The van der Waals surface area contributed by atoms with Gasteiger partial charge < -0.3 is 0 Å². The SMILES string of the molecule is O=c1[nH][nH]c(-c2ccc(Cl)cc2)c1-c1cccc(C(F)(F)F)c1. The number of aromatic amines is 2. The van der Waals surface area contributed by atoms with Gasteiger partial charge in [0.1, 0.15) is 0 Å². The summed E-state index contributed by atoms with van der Waals surface area (Å²) in [5, 5.41) is 5.64. The summed E-state index contributed by atoms with van der Waals surface area (Å²) >= 11 is 5.83. The molecule has 0 amide bonds. The molecule has 0 atom stereocenters. The summed E-state index contributed by atoms with van der Waals surface area (Å²) in [6.07, 6.45) is -4.47. The van der Waals surface area contributed by atoms with Gasteiger partial charge in [-0.2, -0.15) is 13.2 Å². The van der Waals surface area contributed by atoms with Crippen LogP contribution in [-0.4, -0.2) is 10.2 Å². The number of H-pyrrole nitrogens is 2. The smallest absolute Gasteiger partial charge is 0.297 e. The minimum absolute atomic E-state index is 0.151. The second-order valence-corrected chi connectivity index (χ2v) is 5.35. The summed E-state index contributed by atoms with van der Waals surface area (Å²) in [5.41, 5.74) is 0.0868. The van der Waals surface area contributed by atoms with Crippen LogP contribution in [0.25, 0.3) is 22.4 Å². The van der Waals surface area contributed by atoms with Gasteiger partial charge in [0.15, 0.2) is 0 Å². The molecule has 1 heterocycles. The molecule has 0 radical (unpaired) electrons. The second-order valence-electron chi connectivity index (χ2n) is 4.91.